The Bertz CT molecular complexity index is 986. The van der Waals surface area contributed by atoms with Crippen molar-refractivity contribution in [3.8, 4) is 5.75 Å². The molecular formula is C22H23N3O5. The zero-order valence-electron chi connectivity index (χ0n) is 17.1. The maximum Gasteiger partial charge on any atom is 0.338 e. The van der Waals surface area contributed by atoms with Gasteiger partial charge in [0, 0.05) is 14.0 Å². The van der Waals surface area contributed by atoms with Crippen LogP contribution in [0.15, 0.2) is 59.1 Å². The van der Waals surface area contributed by atoms with E-state index < -0.39 is 5.97 Å². The smallest absolute Gasteiger partial charge is 0.338 e. The summed E-state index contributed by atoms with van der Waals surface area (Å²) in [6.45, 7) is 3.44. The lowest BCUT2D eigenvalue weighted by Crippen LogP contribution is -2.33. The number of hydrogen-bond acceptors (Lipinski definition) is 7. The number of nitrogens with zero attached hydrogens (tertiary/aromatic N) is 3. The Kier molecular flexibility index (Phi) is 6.79. The minimum absolute atomic E-state index is 0.128. The number of hydrogen-bond donors (Lipinski definition) is 0. The summed E-state index contributed by atoms with van der Waals surface area (Å²) in [6, 6.07) is 15.9. The average molecular weight is 409 g/mol. The molecule has 3 rings (SSSR count). The topological polar surface area (TPSA) is 94.8 Å². The van der Waals surface area contributed by atoms with Gasteiger partial charge in [0.1, 0.15) is 5.75 Å². The number of benzene rings is 2. The van der Waals surface area contributed by atoms with E-state index in [9.17, 15) is 9.59 Å². The van der Waals surface area contributed by atoms with E-state index in [1.165, 1.54) is 0 Å². The maximum absolute atomic E-state index is 12.4. The Morgan fingerprint density at radius 3 is 2.43 bits per heavy atom. The van der Waals surface area contributed by atoms with Gasteiger partial charge in [-0.15, -0.1) is 0 Å². The fourth-order valence-electron chi connectivity index (χ4n) is 2.72. The Hall–Kier alpha value is -3.68. The van der Waals surface area contributed by atoms with Crippen LogP contribution in [0.4, 0.5) is 0 Å². The largest absolute Gasteiger partial charge is 0.485 e. The third kappa shape index (κ3) is 5.44. The first kappa shape index (κ1) is 21.0. The molecule has 3 aromatic rings. The molecule has 1 heterocycles. The summed E-state index contributed by atoms with van der Waals surface area (Å²) in [6.07, 6.45) is 0. The molecule has 156 valence electrons. The van der Waals surface area contributed by atoms with Crippen LogP contribution in [0.1, 0.15) is 40.6 Å². The zero-order valence-corrected chi connectivity index (χ0v) is 17.1. The lowest BCUT2D eigenvalue weighted by molar-refractivity contribution is -0.135. The second kappa shape index (κ2) is 9.69. The van der Waals surface area contributed by atoms with Gasteiger partial charge in [-0.2, -0.15) is 4.98 Å². The van der Waals surface area contributed by atoms with E-state index in [1.807, 2.05) is 37.3 Å². The molecule has 1 aromatic heterocycles. The van der Waals surface area contributed by atoms with Crippen molar-refractivity contribution in [3.05, 3.63) is 77.4 Å². The molecule has 8 nitrogen and oxygen atoms in total. The number of carbonyl (C=O) groups excluding carboxylic acids is 2. The van der Waals surface area contributed by atoms with Crippen LogP contribution in [0.3, 0.4) is 0 Å². The summed E-state index contributed by atoms with van der Waals surface area (Å²) in [5, 5.41) is 3.74. The summed E-state index contributed by atoms with van der Waals surface area (Å²) in [7, 11) is 1.69. The molecule has 0 radical (unpaired) electrons. The van der Waals surface area contributed by atoms with Crippen LogP contribution in [-0.4, -0.2) is 40.6 Å². The number of carbonyl (C=O) groups is 2. The van der Waals surface area contributed by atoms with Crippen molar-refractivity contribution < 1.29 is 23.6 Å². The molecule has 1 amide bonds. The van der Waals surface area contributed by atoms with Crippen molar-refractivity contribution >= 4 is 11.9 Å². The monoisotopic (exact) mass is 409 g/mol. The van der Waals surface area contributed by atoms with E-state index in [0.717, 1.165) is 5.56 Å². The molecule has 0 aliphatic rings. The van der Waals surface area contributed by atoms with Crippen LogP contribution < -0.4 is 4.74 Å². The van der Waals surface area contributed by atoms with Gasteiger partial charge in [0.25, 0.3) is 5.91 Å². The lowest BCUT2D eigenvalue weighted by Gasteiger charge is -2.25. The lowest BCUT2D eigenvalue weighted by atomic mass is 10.1. The van der Waals surface area contributed by atoms with E-state index in [4.69, 9.17) is 14.0 Å². The second-order valence-electron chi connectivity index (χ2n) is 6.71. The molecule has 0 bridgehead atoms. The van der Waals surface area contributed by atoms with Crippen molar-refractivity contribution in [3.63, 3.8) is 0 Å². The second-order valence-corrected chi connectivity index (χ2v) is 6.71. The van der Waals surface area contributed by atoms with Crippen LogP contribution in [0, 0.1) is 6.92 Å². The van der Waals surface area contributed by atoms with Crippen molar-refractivity contribution in [2.45, 2.75) is 26.5 Å². The van der Waals surface area contributed by atoms with E-state index in [0.29, 0.717) is 23.0 Å². The normalized spacial score (nSPS) is 11.6. The first-order chi connectivity index (χ1) is 14.4. The number of esters is 1. The standard InChI is InChI=1S/C22H23N3O5/c1-15(17-7-5-4-6-8-17)25(3)21(26)14-29-22(27)18-9-11-19(12-10-18)28-13-20-23-16(2)30-24-20/h4-12,15H,13-14H2,1-3H3. The SMILES string of the molecule is Cc1nc(COc2ccc(C(=O)OCC(=O)N(C)C(C)c3ccccc3)cc2)no1. The quantitative estimate of drug-likeness (QED) is 0.527. The number of rotatable bonds is 8. The van der Waals surface area contributed by atoms with Gasteiger partial charge < -0.3 is 18.9 Å². The van der Waals surface area contributed by atoms with E-state index >= 15 is 0 Å². The molecule has 30 heavy (non-hydrogen) atoms. The van der Waals surface area contributed by atoms with Crippen LogP contribution in [0.2, 0.25) is 0 Å². The van der Waals surface area contributed by atoms with Crippen molar-refractivity contribution in [1.82, 2.24) is 15.0 Å². The van der Waals surface area contributed by atoms with Crippen LogP contribution >= 0.6 is 0 Å². The molecule has 8 heteroatoms. The van der Waals surface area contributed by atoms with Gasteiger partial charge in [0.15, 0.2) is 13.2 Å². The van der Waals surface area contributed by atoms with E-state index in [-0.39, 0.29) is 25.2 Å². The Morgan fingerprint density at radius 2 is 1.80 bits per heavy atom. The Balaban J connectivity index is 1.48. The molecule has 1 atom stereocenters. The summed E-state index contributed by atoms with van der Waals surface area (Å²) in [5.74, 6) is 0.578. The first-order valence-electron chi connectivity index (χ1n) is 9.44. The summed E-state index contributed by atoms with van der Waals surface area (Å²) >= 11 is 0. The maximum atomic E-state index is 12.4. The van der Waals surface area contributed by atoms with E-state index in [1.54, 1.807) is 43.1 Å². The summed E-state index contributed by atoms with van der Waals surface area (Å²) in [5.41, 5.74) is 1.33. The van der Waals surface area contributed by atoms with Gasteiger partial charge in [0.05, 0.1) is 11.6 Å². The Morgan fingerprint density at radius 1 is 1.10 bits per heavy atom. The molecule has 0 aliphatic heterocycles. The predicted molar refractivity (Wildman–Crippen MR) is 108 cm³/mol. The van der Waals surface area contributed by atoms with E-state index in [2.05, 4.69) is 10.1 Å². The fourth-order valence-corrected chi connectivity index (χ4v) is 2.72. The first-order valence-corrected chi connectivity index (χ1v) is 9.44. The number of likely N-dealkylation sites (N-methyl/N-ethyl adjacent to an activating group) is 1. The highest BCUT2D eigenvalue weighted by Gasteiger charge is 2.19. The summed E-state index contributed by atoms with van der Waals surface area (Å²) < 4.78 is 15.6. The van der Waals surface area contributed by atoms with Gasteiger partial charge in [-0.1, -0.05) is 35.5 Å². The molecular weight excluding hydrogens is 386 g/mol. The van der Waals surface area contributed by atoms with Crippen molar-refractivity contribution in [1.29, 1.82) is 0 Å². The molecule has 0 fully saturated rings. The van der Waals surface area contributed by atoms with Crippen molar-refractivity contribution in [2.75, 3.05) is 13.7 Å². The molecule has 0 saturated carbocycles. The third-order valence-electron chi connectivity index (χ3n) is 4.61. The summed E-state index contributed by atoms with van der Waals surface area (Å²) in [4.78, 5) is 30.2. The highest BCUT2D eigenvalue weighted by Crippen LogP contribution is 2.18. The highest BCUT2D eigenvalue weighted by molar-refractivity contribution is 5.91. The molecule has 1 unspecified atom stereocenters. The number of ether oxygens (including phenoxy) is 2. The molecule has 0 N–H and O–H groups in total. The molecule has 2 aromatic carbocycles. The van der Waals surface area contributed by atoms with Crippen LogP contribution in [0.5, 0.6) is 5.75 Å². The highest BCUT2D eigenvalue weighted by atomic mass is 16.5. The van der Waals surface area contributed by atoms with Gasteiger partial charge in [0.2, 0.25) is 11.7 Å². The number of aromatic nitrogens is 2. The zero-order chi connectivity index (χ0) is 21.5. The van der Waals surface area contributed by atoms with Gasteiger partial charge >= 0.3 is 5.97 Å². The molecule has 0 aliphatic carbocycles. The van der Waals surface area contributed by atoms with Gasteiger partial charge in [-0.05, 0) is 36.8 Å². The van der Waals surface area contributed by atoms with Gasteiger partial charge in [-0.25, -0.2) is 4.79 Å². The van der Waals surface area contributed by atoms with Crippen LogP contribution in [0.25, 0.3) is 0 Å². The average Bonchev–Trinajstić information content (AvgIpc) is 3.20. The molecule has 0 saturated heterocycles. The minimum atomic E-state index is -0.579. The number of aryl methyl sites for hydroxylation is 1. The van der Waals surface area contributed by atoms with Crippen molar-refractivity contribution in [2.24, 2.45) is 0 Å². The fraction of sp³-hybridized carbons (Fsp3) is 0.273. The number of amides is 1. The minimum Gasteiger partial charge on any atom is -0.485 e. The van der Waals surface area contributed by atoms with Gasteiger partial charge in [-0.3, -0.25) is 4.79 Å². The molecule has 0 spiro atoms. The predicted octanol–water partition coefficient (Wildman–Crippen LogP) is 3.33. The van der Waals surface area contributed by atoms with Crippen LogP contribution in [-0.2, 0) is 16.1 Å². The third-order valence-corrected chi connectivity index (χ3v) is 4.61. The Labute approximate surface area is 174 Å².